The smallest absolute Gasteiger partial charge is 0.127 e. The molecule has 4 N–H and O–H groups in total. The van der Waals surface area contributed by atoms with Crippen molar-refractivity contribution in [2.75, 3.05) is 27.4 Å². The van der Waals surface area contributed by atoms with Gasteiger partial charge in [-0.05, 0) is 11.6 Å². The van der Waals surface area contributed by atoms with Gasteiger partial charge >= 0.3 is 0 Å². The van der Waals surface area contributed by atoms with E-state index in [2.05, 4.69) is 22.2 Å². The van der Waals surface area contributed by atoms with Gasteiger partial charge in [-0.15, -0.1) is 0 Å². The molecule has 1 aromatic carbocycles. The molecule has 0 bridgehead atoms. The van der Waals surface area contributed by atoms with Crippen molar-refractivity contribution in [3.05, 3.63) is 35.4 Å². The summed E-state index contributed by atoms with van der Waals surface area (Å²) in [5.41, 5.74) is 8.36. The normalized spacial score (nSPS) is 18.5. The summed E-state index contributed by atoms with van der Waals surface area (Å²) in [5.74, 6) is 1.57. The number of hydrogen-bond acceptors (Lipinski definition) is 6. The molecule has 0 saturated heterocycles. The summed E-state index contributed by atoms with van der Waals surface area (Å²) in [4.78, 5) is 0. The van der Waals surface area contributed by atoms with Crippen LogP contribution in [0.15, 0.2) is 29.8 Å². The van der Waals surface area contributed by atoms with Gasteiger partial charge in [-0.3, -0.25) is 10.7 Å². The summed E-state index contributed by atoms with van der Waals surface area (Å²) < 4.78 is 10.6. The van der Waals surface area contributed by atoms with Crippen LogP contribution in [-0.4, -0.2) is 38.6 Å². The maximum atomic E-state index is 9.52. The molecule has 0 aromatic heterocycles. The third kappa shape index (κ3) is 4.45. The highest BCUT2D eigenvalue weighted by Crippen LogP contribution is 2.27. The van der Waals surface area contributed by atoms with Gasteiger partial charge in [-0.1, -0.05) is 26.0 Å². The number of aliphatic hydroxyl groups excluding tert-OH is 1. The second-order valence-corrected chi connectivity index (χ2v) is 6.27. The molecule has 0 saturated carbocycles. The lowest BCUT2D eigenvalue weighted by Crippen LogP contribution is -2.53. The second kappa shape index (κ2) is 7.79. The first kappa shape index (κ1) is 17.7. The molecule has 2 rings (SSSR count). The molecule has 128 valence electrons. The number of hydrazine groups is 1. The van der Waals surface area contributed by atoms with E-state index >= 15 is 0 Å². The van der Waals surface area contributed by atoms with Crippen LogP contribution in [-0.2, 0) is 6.54 Å². The summed E-state index contributed by atoms with van der Waals surface area (Å²) >= 11 is 0. The van der Waals surface area contributed by atoms with Gasteiger partial charge in [0.2, 0.25) is 0 Å². The van der Waals surface area contributed by atoms with Gasteiger partial charge in [0.1, 0.15) is 11.5 Å². The fourth-order valence-corrected chi connectivity index (χ4v) is 2.45. The molecular weight excluding hydrogens is 294 g/mol. The highest BCUT2D eigenvalue weighted by atomic mass is 16.5. The molecule has 1 aliphatic heterocycles. The van der Waals surface area contributed by atoms with E-state index in [1.807, 2.05) is 32.0 Å². The van der Waals surface area contributed by atoms with E-state index in [4.69, 9.17) is 9.47 Å². The molecule has 6 nitrogen and oxygen atoms in total. The van der Waals surface area contributed by atoms with Gasteiger partial charge in [0.05, 0.1) is 27.0 Å². The predicted molar refractivity (Wildman–Crippen MR) is 90.3 cm³/mol. The number of nitrogens with one attached hydrogen (secondary N) is 3. The van der Waals surface area contributed by atoms with Crippen LogP contribution in [0.25, 0.3) is 0 Å². The molecule has 6 heteroatoms. The number of methoxy groups -OCH3 is 2. The van der Waals surface area contributed by atoms with Crippen LogP contribution >= 0.6 is 0 Å². The molecule has 0 aliphatic carbocycles. The minimum absolute atomic E-state index is 0.0172. The van der Waals surface area contributed by atoms with Crippen LogP contribution in [0, 0.1) is 5.41 Å². The van der Waals surface area contributed by atoms with E-state index < -0.39 is 0 Å². The lowest BCUT2D eigenvalue weighted by molar-refractivity contribution is 0.182. The Kier molecular flexibility index (Phi) is 6.01. The first-order chi connectivity index (χ1) is 11.0. The SMILES string of the molecule is COc1ccc(CNC2C=C(C(C)(C)CO)CNN2)c(OC)c1. The molecule has 0 spiro atoms. The predicted octanol–water partition coefficient (Wildman–Crippen LogP) is 1.17. The second-order valence-electron chi connectivity index (χ2n) is 6.27. The average molecular weight is 321 g/mol. The zero-order valence-electron chi connectivity index (χ0n) is 14.3. The zero-order chi connectivity index (χ0) is 16.9. The van der Waals surface area contributed by atoms with Crippen molar-refractivity contribution in [3.8, 4) is 11.5 Å². The number of benzene rings is 1. The molecule has 1 aliphatic rings. The number of aliphatic hydroxyl groups is 1. The fraction of sp³-hybridized carbons (Fsp3) is 0.529. The van der Waals surface area contributed by atoms with E-state index in [9.17, 15) is 5.11 Å². The van der Waals surface area contributed by atoms with Crippen LogP contribution in [0.5, 0.6) is 11.5 Å². The van der Waals surface area contributed by atoms with Crippen molar-refractivity contribution in [1.29, 1.82) is 0 Å². The Morgan fingerprint density at radius 2 is 2.09 bits per heavy atom. The highest BCUT2D eigenvalue weighted by Gasteiger charge is 2.25. The summed E-state index contributed by atoms with van der Waals surface area (Å²) in [6.07, 6.45) is 2.11. The van der Waals surface area contributed by atoms with Crippen molar-refractivity contribution in [1.82, 2.24) is 16.2 Å². The Bertz CT molecular complexity index is 558. The van der Waals surface area contributed by atoms with E-state index in [1.54, 1.807) is 14.2 Å². The maximum absolute atomic E-state index is 9.52. The van der Waals surface area contributed by atoms with Crippen LogP contribution < -0.4 is 25.6 Å². The first-order valence-corrected chi connectivity index (χ1v) is 7.75. The van der Waals surface area contributed by atoms with E-state index in [-0.39, 0.29) is 18.2 Å². The quantitative estimate of drug-likeness (QED) is 0.565. The first-order valence-electron chi connectivity index (χ1n) is 7.75. The molecule has 0 radical (unpaired) electrons. The van der Waals surface area contributed by atoms with Crippen molar-refractivity contribution < 1.29 is 14.6 Å². The molecule has 1 aromatic rings. The van der Waals surface area contributed by atoms with Gasteiger partial charge in [0, 0.05) is 30.1 Å². The zero-order valence-corrected chi connectivity index (χ0v) is 14.3. The molecule has 1 atom stereocenters. The molecule has 0 amide bonds. The van der Waals surface area contributed by atoms with Gasteiger partial charge in [-0.25, -0.2) is 5.43 Å². The Morgan fingerprint density at radius 3 is 2.74 bits per heavy atom. The van der Waals surface area contributed by atoms with Crippen LogP contribution in [0.3, 0.4) is 0 Å². The number of rotatable bonds is 7. The monoisotopic (exact) mass is 321 g/mol. The summed E-state index contributed by atoms with van der Waals surface area (Å²) in [6, 6.07) is 5.78. The van der Waals surface area contributed by atoms with Crippen molar-refractivity contribution in [2.24, 2.45) is 5.41 Å². The average Bonchev–Trinajstić information content (AvgIpc) is 2.60. The van der Waals surface area contributed by atoms with Crippen LogP contribution in [0.1, 0.15) is 19.4 Å². The fourth-order valence-electron chi connectivity index (χ4n) is 2.45. The van der Waals surface area contributed by atoms with E-state index in [0.29, 0.717) is 6.54 Å². The third-order valence-electron chi connectivity index (χ3n) is 4.18. The van der Waals surface area contributed by atoms with Gasteiger partial charge in [0.25, 0.3) is 0 Å². The van der Waals surface area contributed by atoms with Gasteiger partial charge in [-0.2, -0.15) is 0 Å². The Hall–Kier alpha value is -1.60. The van der Waals surface area contributed by atoms with Crippen molar-refractivity contribution >= 4 is 0 Å². The standard InChI is InChI=1S/C17H27N3O3/c1-17(2,11-21)13-7-16(20-19-10-13)18-9-12-5-6-14(22-3)8-15(12)23-4/h5-8,16,18-21H,9-11H2,1-4H3. The maximum Gasteiger partial charge on any atom is 0.127 e. The molecule has 1 heterocycles. The summed E-state index contributed by atoms with van der Waals surface area (Å²) in [6.45, 7) is 5.57. The Morgan fingerprint density at radius 1 is 1.30 bits per heavy atom. The lowest BCUT2D eigenvalue weighted by atomic mass is 9.84. The highest BCUT2D eigenvalue weighted by molar-refractivity contribution is 5.40. The Labute approximate surface area is 137 Å². The number of ether oxygens (including phenoxy) is 2. The minimum Gasteiger partial charge on any atom is -0.497 e. The molecule has 23 heavy (non-hydrogen) atoms. The van der Waals surface area contributed by atoms with Crippen LogP contribution in [0.2, 0.25) is 0 Å². The van der Waals surface area contributed by atoms with E-state index in [0.717, 1.165) is 23.6 Å². The molecular formula is C17H27N3O3. The molecule has 0 fully saturated rings. The lowest BCUT2D eigenvalue weighted by Gasteiger charge is -2.32. The summed E-state index contributed by atoms with van der Waals surface area (Å²) in [7, 11) is 3.29. The van der Waals surface area contributed by atoms with E-state index in [1.165, 1.54) is 5.57 Å². The largest absolute Gasteiger partial charge is 0.497 e. The van der Waals surface area contributed by atoms with Crippen LogP contribution in [0.4, 0.5) is 0 Å². The van der Waals surface area contributed by atoms with Gasteiger partial charge in [0.15, 0.2) is 0 Å². The molecule has 1 unspecified atom stereocenters. The van der Waals surface area contributed by atoms with Crippen molar-refractivity contribution in [3.63, 3.8) is 0 Å². The third-order valence-corrected chi connectivity index (χ3v) is 4.18. The number of hydrogen-bond donors (Lipinski definition) is 4. The minimum atomic E-state index is -0.229. The van der Waals surface area contributed by atoms with Crippen molar-refractivity contribution in [2.45, 2.75) is 26.6 Å². The Balaban J connectivity index is 2.04. The topological polar surface area (TPSA) is 74.8 Å². The van der Waals surface area contributed by atoms with Gasteiger partial charge < -0.3 is 14.6 Å². The summed E-state index contributed by atoms with van der Waals surface area (Å²) in [5, 5.41) is 12.9.